The lowest BCUT2D eigenvalue weighted by molar-refractivity contribution is 0.0331. The molecule has 27 heavy (non-hydrogen) atoms. The van der Waals surface area contributed by atoms with E-state index in [1.165, 1.54) is 0 Å². The Hall–Kier alpha value is -1.64. The molecule has 0 aliphatic rings. The van der Waals surface area contributed by atoms with Gasteiger partial charge in [-0.2, -0.15) is 0 Å². The molecule has 0 unspecified atom stereocenters. The SMILES string of the molecule is C=C[C@@H](OCC#CCOCc1ccccc1)[C@@H](C=C)O[Si](C)(C)C(C)(C)C. The van der Waals surface area contributed by atoms with E-state index in [4.69, 9.17) is 13.9 Å². The van der Waals surface area contributed by atoms with E-state index in [1.54, 1.807) is 12.2 Å². The van der Waals surface area contributed by atoms with E-state index in [-0.39, 0.29) is 17.2 Å². The van der Waals surface area contributed by atoms with Crippen molar-refractivity contribution in [1.82, 2.24) is 0 Å². The molecule has 0 amide bonds. The van der Waals surface area contributed by atoms with Crippen LogP contribution in [0.4, 0.5) is 0 Å². The molecule has 0 saturated heterocycles. The molecule has 4 heteroatoms. The molecule has 1 aromatic rings. The summed E-state index contributed by atoms with van der Waals surface area (Å²) in [5.41, 5.74) is 1.14. The van der Waals surface area contributed by atoms with E-state index in [9.17, 15) is 0 Å². The molecule has 0 spiro atoms. The monoisotopic (exact) mass is 386 g/mol. The van der Waals surface area contributed by atoms with Gasteiger partial charge in [0.25, 0.3) is 0 Å². The molecule has 0 saturated carbocycles. The molecule has 0 aliphatic heterocycles. The van der Waals surface area contributed by atoms with Crippen LogP contribution >= 0.6 is 0 Å². The van der Waals surface area contributed by atoms with Crippen molar-refractivity contribution in [2.45, 2.75) is 57.7 Å². The lowest BCUT2D eigenvalue weighted by Gasteiger charge is -2.39. The predicted molar refractivity (Wildman–Crippen MR) is 116 cm³/mol. The van der Waals surface area contributed by atoms with Crippen molar-refractivity contribution in [3.8, 4) is 11.8 Å². The summed E-state index contributed by atoms with van der Waals surface area (Å²) in [6.45, 7) is 20.1. The maximum absolute atomic E-state index is 6.40. The minimum atomic E-state index is -1.92. The summed E-state index contributed by atoms with van der Waals surface area (Å²) >= 11 is 0. The summed E-state index contributed by atoms with van der Waals surface area (Å²) < 4.78 is 17.8. The van der Waals surface area contributed by atoms with Crippen LogP contribution in [0.2, 0.25) is 18.1 Å². The lowest BCUT2D eigenvalue weighted by Crippen LogP contribution is -2.46. The maximum Gasteiger partial charge on any atom is 0.193 e. The first-order valence-corrected chi connectivity index (χ1v) is 12.2. The van der Waals surface area contributed by atoms with Crippen LogP contribution in [-0.2, 0) is 20.5 Å². The van der Waals surface area contributed by atoms with Gasteiger partial charge in [-0.15, -0.1) is 13.2 Å². The predicted octanol–water partition coefficient (Wildman–Crippen LogP) is 5.35. The zero-order chi connectivity index (χ0) is 20.3. The van der Waals surface area contributed by atoms with E-state index in [2.05, 4.69) is 58.9 Å². The fourth-order valence-electron chi connectivity index (χ4n) is 2.10. The second-order valence-corrected chi connectivity index (χ2v) is 12.7. The summed E-state index contributed by atoms with van der Waals surface area (Å²) in [4.78, 5) is 0. The maximum atomic E-state index is 6.40. The van der Waals surface area contributed by atoms with Crippen LogP contribution in [0, 0.1) is 11.8 Å². The van der Waals surface area contributed by atoms with Gasteiger partial charge < -0.3 is 13.9 Å². The summed E-state index contributed by atoms with van der Waals surface area (Å²) in [5.74, 6) is 5.96. The minimum absolute atomic E-state index is 0.121. The minimum Gasteiger partial charge on any atom is -0.408 e. The Bertz CT molecular complexity index is 635. The van der Waals surface area contributed by atoms with Crippen LogP contribution in [0.5, 0.6) is 0 Å². The molecule has 1 aromatic carbocycles. The largest absolute Gasteiger partial charge is 0.408 e. The highest BCUT2D eigenvalue weighted by molar-refractivity contribution is 6.74. The van der Waals surface area contributed by atoms with Gasteiger partial charge in [0.05, 0.1) is 12.7 Å². The molecule has 1 rings (SSSR count). The van der Waals surface area contributed by atoms with Crippen molar-refractivity contribution in [2.75, 3.05) is 13.2 Å². The standard InChI is InChI=1S/C23H34O3Si/c1-8-21(22(9-2)26-27(6,7)23(3,4)5)25-18-14-13-17-24-19-20-15-11-10-12-16-20/h8-12,15-16,21-22H,1-2,17-19H2,3-7H3/t21-,22-/m1/s1. The van der Waals surface area contributed by atoms with Gasteiger partial charge in [-0.05, 0) is 23.7 Å². The number of hydrogen-bond donors (Lipinski definition) is 0. The average molecular weight is 387 g/mol. The van der Waals surface area contributed by atoms with Crippen LogP contribution in [-0.4, -0.2) is 33.7 Å². The fraction of sp³-hybridized carbons (Fsp3) is 0.478. The van der Waals surface area contributed by atoms with E-state index in [1.807, 2.05) is 30.3 Å². The van der Waals surface area contributed by atoms with Gasteiger partial charge in [-0.3, -0.25) is 0 Å². The Morgan fingerprint density at radius 3 is 2.15 bits per heavy atom. The van der Waals surface area contributed by atoms with Gasteiger partial charge in [-0.1, -0.05) is 75.1 Å². The smallest absolute Gasteiger partial charge is 0.193 e. The van der Waals surface area contributed by atoms with Crippen molar-refractivity contribution in [2.24, 2.45) is 0 Å². The third kappa shape index (κ3) is 8.27. The molecule has 0 N–H and O–H groups in total. The number of benzene rings is 1. The Labute approximate surface area is 166 Å². The third-order valence-corrected chi connectivity index (χ3v) is 9.26. The molecule has 0 aliphatic carbocycles. The average Bonchev–Trinajstić information content (AvgIpc) is 2.62. The summed E-state index contributed by atoms with van der Waals surface area (Å²) in [6, 6.07) is 10.0. The van der Waals surface area contributed by atoms with Crippen LogP contribution in [0.3, 0.4) is 0 Å². The highest BCUT2D eigenvalue weighted by atomic mass is 28.4. The summed E-state index contributed by atoms with van der Waals surface area (Å²) in [5, 5.41) is 0.121. The molecular formula is C23H34O3Si. The topological polar surface area (TPSA) is 27.7 Å². The van der Waals surface area contributed by atoms with Crippen LogP contribution < -0.4 is 0 Å². The van der Waals surface area contributed by atoms with Crippen molar-refractivity contribution in [1.29, 1.82) is 0 Å². The second kappa shape index (κ2) is 11.3. The van der Waals surface area contributed by atoms with Crippen LogP contribution in [0.25, 0.3) is 0 Å². The zero-order valence-corrected chi connectivity index (χ0v) is 18.5. The van der Waals surface area contributed by atoms with Gasteiger partial charge in [-0.25, -0.2) is 0 Å². The van der Waals surface area contributed by atoms with E-state index < -0.39 is 8.32 Å². The first-order valence-electron chi connectivity index (χ1n) is 9.33. The first kappa shape index (κ1) is 23.4. The molecule has 0 fully saturated rings. The van der Waals surface area contributed by atoms with Crippen LogP contribution in [0.1, 0.15) is 26.3 Å². The van der Waals surface area contributed by atoms with Crippen molar-refractivity contribution >= 4 is 8.32 Å². The molecule has 0 radical (unpaired) electrons. The molecular weight excluding hydrogens is 352 g/mol. The molecule has 148 valence electrons. The molecule has 3 nitrogen and oxygen atoms in total. The third-order valence-electron chi connectivity index (χ3n) is 4.78. The zero-order valence-electron chi connectivity index (χ0n) is 17.5. The Morgan fingerprint density at radius 1 is 1.00 bits per heavy atom. The molecule has 2 atom stereocenters. The fourth-order valence-corrected chi connectivity index (χ4v) is 3.36. The highest BCUT2D eigenvalue weighted by Crippen LogP contribution is 2.37. The van der Waals surface area contributed by atoms with Gasteiger partial charge >= 0.3 is 0 Å². The van der Waals surface area contributed by atoms with E-state index in [0.717, 1.165) is 5.56 Å². The number of hydrogen-bond acceptors (Lipinski definition) is 3. The number of rotatable bonds is 10. The number of ether oxygens (including phenoxy) is 2. The van der Waals surface area contributed by atoms with Crippen molar-refractivity contribution in [3.05, 3.63) is 61.2 Å². The quantitative estimate of drug-likeness (QED) is 0.235. The lowest BCUT2D eigenvalue weighted by atomic mass is 10.2. The first-order chi connectivity index (χ1) is 12.7. The normalized spacial score (nSPS) is 14.0. The molecule has 0 aromatic heterocycles. The Balaban J connectivity index is 2.44. The van der Waals surface area contributed by atoms with Crippen molar-refractivity contribution in [3.63, 3.8) is 0 Å². The highest BCUT2D eigenvalue weighted by Gasteiger charge is 2.39. The van der Waals surface area contributed by atoms with Gasteiger partial charge in [0, 0.05) is 0 Å². The Morgan fingerprint density at radius 2 is 1.59 bits per heavy atom. The van der Waals surface area contributed by atoms with Gasteiger partial charge in [0.1, 0.15) is 19.3 Å². The van der Waals surface area contributed by atoms with Gasteiger partial charge in [0.2, 0.25) is 0 Å². The Kier molecular flexibility index (Phi) is 9.75. The van der Waals surface area contributed by atoms with Crippen molar-refractivity contribution < 1.29 is 13.9 Å². The second-order valence-electron chi connectivity index (χ2n) is 7.92. The van der Waals surface area contributed by atoms with E-state index >= 15 is 0 Å². The van der Waals surface area contributed by atoms with E-state index in [0.29, 0.717) is 19.8 Å². The molecule has 0 bridgehead atoms. The van der Waals surface area contributed by atoms with Gasteiger partial charge in [0.15, 0.2) is 8.32 Å². The summed E-state index contributed by atoms with van der Waals surface area (Å²) in [6.07, 6.45) is 3.06. The molecule has 0 heterocycles. The van der Waals surface area contributed by atoms with Crippen LogP contribution in [0.15, 0.2) is 55.6 Å². The summed E-state index contributed by atoms with van der Waals surface area (Å²) in [7, 11) is -1.92.